The molecule has 1 saturated carbocycles. The van der Waals surface area contributed by atoms with Crippen molar-refractivity contribution >= 4 is 23.3 Å². The lowest BCUT2D eigenvalue weighted by Gasteiger charge is -2.04. The Labute approximate surface area is 157 Å². The molecule has 1 fully saturated rings. The molecule has 1 N–H and O–H groups in total. The first-order valence-corrected chi connectivity index (χ1v) is 9.12. The van der Waals surface area contributed by atoms with E-state index >= 15 is 0 Å². The van der Waals surface area contributed by atoms with Crippen molar-refractivity contribution in [3.8, 4) is 0 Å². The van der Waals surface area contributed by atoms with Crippen LogP contribution in [0.1, 0.15) is 29.2 Å². The molecule has 4 rings (SSSR count). The summed E-state index contributed by atoms with van der Waals surface area (Å²) in [4.78, 5) is 12.5. The van der Waals surface area contributed by atoms with Gasteiger partial charge in [-0.3, -0.25) is 9.48 Å². The third-order valence-corrected chi connectivity index (χ3v) is 5.08. The molecule has 1 aliphatic rings. The van der Waals surface area contributed by atoms with E-state index < -0.39 is 0 Å². The quantitative estimate of drug-likeness (QED) is 0.716. The zero-order valence-electron chi connectivity index (χ0n) is 14.5. The number of carbonyl (C=O) groups is 1. The molecular formula is C21H20ClN3O. The lowest BCUT2D eigenvalue weighted by atomic mass is 10.1. The smallest absolute Gasteiger partial charge is 0.229 e. The lowest BCUT2D eigenvalue weighted by molar-refractivity contribution is -0.117. The maximum absolute atomic E-state index is 12.5. The minimum Gasteiger partial charge on any atom is -0.309 e. The van der Waals surface area contributed by atoms with Gasteiger partial charge in [-0.15, -0.1) is 0 Å². The number of aromatic nitrogens is 2. The van der Waals surface area contributed by atoms with Gasteiger partial charge in [0.2, 0.25) is 5.91 Å². The van der Waals surface area contributed by atoms with Crippen molar-refractivity contribution in [1.29, 1.82) is 0 Å². The predicted octanol–water partition coefficient (Wildman–Crippen LogP) is 4.64. The molecular weight excluding hydrogens is 346 g/mol. The molecule has 1 amide bonds. The van der Waals surface area contributed by atoms with Gasteiger partial charge in [-0.25, -0.2) is 0 Å². The summed E-state index contributed by atoms with van der Waals surface area (Å²) in [5, 5.41) is 8.21. The largest absolute Gasteiger partial charge is 0.309 e. The summed E-state index contributed by atoms with van der Waals surface area (Å²) in [6.07, 6.45) is 0.872. The second-order valence-corrected chi connectivity index (χ2v) is 7.24. The molecule has 2 unspecified atom stereocenters. The van der Waals surface area contributed by atoms with Crippen molar-refractivity contribution in [2.75, 3.05) is 5.32 Å². The van der Waals surface area contributed by atoms with E-state index in [0.717, 1.165) is 17.1 Å². The molecule has 5 heteroatoms. The SMILES string of the molecule is Cc1cc(NC(=O)C2CC2c2ccc(Cl)cc2)nn1Cc1ccccc1. The summed E-state index contributed by atoms with van der Waals surface area (Å²) >= 11 is 5.93. The van der Waals surface area contributed by atoms with Gasteiger partial charge in [-0.1, -0.05) is 54.1 Å². The van der Waals surface area contributed by atoms with Crippen LogP contribution in [0.4, 0.5) is 5.82 Å². The highest BCUT2D eigenvalue weighted by molar-refractivity contribution is 6.30. The van der Waals surface area contributed by atoms with Crippen LogP contribution in [0.15, 0.2) is 60.7 Å². The monoisotopic (exact) mass is 365 g/mol. The number of anilines is 1. The summed E-state index contributed by atoms with van der Waals surface area (Å²) < 4.78 is 1.91. The first-order chi connectivity index (χ1) is 12.6. The molecule has 3 aromatic rings. The van der Waals surface area contributed by atoms with E-state index in [0.29, 0.717) is 12.4 Å². The van der Waals surface area contributed by atoms with E-state index in [1.807, 2.05) is 60.1 Å². The van der Waals surface area contributed by atoms with Gasteiger partial charge in [-0.05, 0) is 42.5 Å². The van der Waals surface area contributed by atoms with Gasteiger partial charge in [0.1, 0.15) is 0 Å². The third kappa shape index (κ3) is 3.65. The van der Waals surface area contributed by atoms with Gasteiger partial charge in [0.15, 0.2) is 5.82 Å². The number of hydrogen-bond donors (Lipinski definition) is 1. The Morgan fingerprint density at radius 2 is 1.92 bits per heavy atom. The fourth-order valence-electron chi connectivity index (χ4n) is 3.27. The van der Waals surface area contributed by atoms with Crippen molar-refractivity contribution < 1.29 is 4.79 Å². The molecule has 0 spiro atoms. The molecule has 26 heavy (non-hydrogen) atoms. The number of nitrogens with zero attached hydrogens (tertiary/aromatic N) is 2. The molecule has 0 bridgehead atoms. The van der Waals surface area contributed by atoms with E-state index in [2.05, 4.69) is 22.5 Å². The summed E-state index contributed by atoms with van der Waals surface area (Å²) in [7, 11) is 0. The molecule has 1 heterocycles. The standard InChI is InChI=1S/C21H20ClN3O/c1-14-11-20(24-25(14)13-15-5-3-2-4-6-15)23-21(26)19-12-18(19)16-7-9-17(22)10-8-16/h2-11,18-19H,12-13H2,1H3,(H,23,24,26). The number of aryl methyl sites for hydroxylation is 1. The summed E-state index contributed by atoms with van der Waals surface area (Å²) in [5.74, 6) is 0.940. The Kier molecular flexibility index (Phi) is 4.51. The third-order valence-electron chi connectivity index (χ3n) is 4.83. The predicted molar refractivity (Wildman–Crippen MR) is 103 cm³/mol. The summed E-state index contributed by atoms with van der Waals surface area (Å²) in [6.45, 7) is 2.69. The Morgan fingerprint density at radius 3 is 2.65 bits per heavy atom. The maximum Gasteiger partial charge on any atom is 0.229 e. The molecule has 0 aliphatic heterocycles. The number of carbonyl (C=O) groups excluding carboxylic acids is 1. The van der Waals surface area contributed by atoms with Gasteiger partial charge >= 0.3 is 0 Å². The topological polar surface area (TPSA) is 46.9 Å². The molecule has 0 radical (unpaired) electrons. The van der Waals surface area contributed by atoms with Crippen LogP contribution in [-0.2, 0) is 11.3 Å². The van der Waals surface area contributed by atoms with Crippen molar-refractivity contribution in [3.05, 3.63) is 82.5 Å². The number of halogens is 1. The van der Waals surface area contributed by atoms with Crippen LogP contribution in [0.2, 0.25) is 5.02 Å². The Hall–Kier alpha value is -2.59. The number of hydrogen-bond acceptors (Lipinski definition) is 2. The van der Waals surface area contributed by atoms with Crippen molar-refractivity contribution in [2.45, 2.75) is 25.8 Å². The summed E-state index contributed by atoms with van der Waals surface area (Å²) in [6, 6.07) is 19.8. The van der Waals surface area contributed by atoms with Crippen molar-refractivity contribution in [2.24, 2.45) is 5.92 Å². The van der Waals surface area contributed by atoms with Crippen LogP contribution in [0.25, 0.3) is 0 Å². The Balaban J connectivity index is 1.39. The Morgan fingerprint density at radius 1 is 1.19 bits per heavy atom. The molecule has 2 atom stereocenters. The average molecular weight is 366 g/mol. The number of benzene rings is 2. The minimum atomic E-state index is 0.00996. The highest BCUT2D eigenvalue weighted by Gasteiger charge is 2.44. The zero-order chi connectivity index (χ0) is 18.1. The van der Waals surface area contributed by atoms with E-state index in [4.69, 9.17) is 11.6 Å². The number of nitrogens with one attached hydrogen (secondary N) is 1. The van der Waals surface area contributed by atoms with Crippen molar-refractivity contribution in [1.82, 2.24) is 9.78 Å². The second kappa shape index (κ2) is 6.96. The highest BCUT2D eigenvalue weighted by atomic mass is 35.5. The Bertz CT molecular complexity index is 918. The van der Waals surface area contributed by atoms with Crippen LogP contribution in [0.3, 0.4) is 0 Å². The van der Waals surface area contributed by atoms with Crippen LogP contribution in [0, 0.1) is 12.8 Å². The highest BCUT2D eigenvalue weighted by Crippen LogP contribution is 2.48. The van der Waals surface area contributed by atoms with Crippen LogP contribution < -0.4 is 5.32 Å². The normalized spacial score (nSPS) is 18.5. The fourth-order valence-corrected chi connectivity index (χ4v) is 3.40. The van der Waals surface area contributed by atoms with E-state index in [1.165, 1.54) is 11.1 Å². The lowest BCUT2D eigenvalue weighted by Crippen LogP contribution is -2.15. The van der Waals surface area contributed by atoms with Gasteiger partial charge < -0.3 is 5.32 Å². The van der Waals surface area contributed by atoms with E-state index in [9.17, 15) is 4.79 Å². The zero-order valence-corrected chi connectivity index (χ0v) is 15.3. The van der Waals surface area contributed by atoms with Crippen LogP contribution in [-0.4, -0.2) is 15.7 Å². The van der Waals surface area contributed by atoms with Gasteiger partial charge in [-0.2, -0.15) is 5.10 Å². The molecule has 4 nitrogen and oxygen atoms in total. The minimum absolute atomic E-state index is 0.00996. The number of amides is 1. The van der Waals surface area contributed by atoms with Gasteiger partial charge in [0.05, 0.1) is 6.54 Å². The van der Waals surface area contributed by atoms with Crippen LogP contribution in [0.5, 0.6) is 0 Å². The molecule has 2 aromatic carbocycles. The first-order valence-electron chi connectivity index (χ1n) is 8.75. The molecule has 1 aliphatic carbocycles. The summed E-state index contributed by atoms with van der Waals surface area (Å²) in [5.41, 5.74) is 3.37. The van der Waals surface area contributed by atoms with Crippen LogP contribution >= 0.6 is 11.6 Å². The molecule has 132 valence electrons. The van der Waals surface area contributed by atoms with Gasteiger partial charge in [0.25, 0.3) is 0 Å². The van der Waals surface area contributed by atoms with E-state index in [-0.39, 0.29) is 17.7 Å². The number of rotatable bonds is 5. The fraction of sp³-hybridized carbons (Fsp3) is 0.238. The van der Waals surface area contributed by atoms with E-state index in [1.54, 1.807) is 0 Å². The first kappa shape index (κ1) is 16.9. The van der Waals surface area contributed by atoms with Crippen molar-refractivity contribution in [3.63, 3.8) is 0 Å². The van der Waals surface area contributed by atoms with Gasteiger partial charge in [0, 0.05) is 22.7 Å². The second-order valence-electron chi connectivity index (χ2n) is 6.80. The average Bonchev–Trinajstić information content (AvgIpc) is 3.36. The molecule has 0 saturated heterocycles. The maximum atomic E-state index is 12.5. The molecule has 1 aromatic heterocycles.